The number of aromatic nitrogens is 4. The molecule has 4 aliphatic rings. The smallest absolute Gasteiger partial charge is 0.325 e. The number of fused-ring (bicyclic) bond motifs is 4. The molecular formula is C23H21BF3N5O11P2S. The SMILES string of the molecule is [B]P1(=O)OC[C@H]2O[C@@H](n3cc(F)c4c(=O)[nH]cnc43)C(O)[C@H]2OP(O)(=S)OC[C@H]2O[C@@H](n3cc(F)c4c3N=CCC4=O)[C@@H](F)C2O1. The van der Waals surface area contributed by atoms with Gasteiger partial charge in [0.2, 0.25) is 7.57 Å². The number of H-pyrrole nitrogens is 1. The van der Waals surface area contributed by atoms with Crippen LogP contribution < -0.4 is 5.56 Å². The van der Waals surface area contributed by atoms with Gasteiger partial charge in [-0.05, 0) is 11.8 Å². The third kappa shape index (κ3) is 5.46. The molecule has 3 aromatic heterocycles. The van der Waals surface area contributed by atoms with Crippen molar-refractivity contribution in [2.24, 2.45) is 4.99 Å². The highest BCUT2D eigenvalue weighted by molar-refractivity contribution is 8.07. The molecular weight excluding hydrogens is 684 g/mol. The van der Waals surface area contributed by atoms with Gasteiger partial charge in [0, 0.05) is 25.0 Å². The van der Waals surface area contributed by atoms with E-state index in [1.54, 1.807) is 0 Å². The van der Waals surface area contributed by atoms with Gasteiger partial charge in [0.05, 0.1) is 25.1 Å². The van der Waals surface area contributed by atoms with Crippen molar-refractivity contribution in [1.82, 2.24) is 19.1 Å². The molecule has 7 rings (SSSR count). The minimum absolute atomic E-state index is 0.160. The molecule has 244 valence electrons. The van der Waals surface area contributed by atoms with Crippen LogP contribution in [0.3, 0.4) is 0 Å². The molecule has 4 aliphatic heterocycles. The van der Waals surface area contributed by atoms with E-state index in [4.69, 9.17) is 46.9 Å². The highest BCUT2D eigenvalue weighted by atomic mass is 32.5. The van der Waals surface area contributed by atoms with Crippen molar-refractivity contribution in [2.45, 2.75) is 55.6 Å². The van der Waals surface area contributed by atoms with Gasteiger partial charge >= 0.3 is 6.72 Å². The van der Waals surface area contributed by atoms with Gasteiger partial charge in [0.15, 0.2) is 41.7 Å². The zero-order chi connectivity index (χ0) is 32.7. The quantitative estimate of drug-likeness (QED) is 0.257. The van der Waals surface area contributed by atoms with Crippen molar-refractivity contribution in [3.8, 4) is 0 Å². The largest absolute Gasteiger partial charge is 0.386 e. The van der Waals surface area contributed by atoms with Gasteiger partial charge in [-0.1, -0.05) is 0 Å². The van der Waals surface area contributed by atoms with Crippen LogP contribution in [-0.2, 0) is 43.9 Å². The maximum atomic E-state index is 16.0. The number of aliphatic imine (C=N–C) groups is 1. The summed E-state index contributed by atoms with van der Waals surface area (Å²) < 4.78 is 93.6. The van der Waals surface area contributed by atoms with E-state index in [-0.39, 0.29) is 23.4 Å². The second kappa shape index (κ2) is 11.6. The standard InChI is InChI=1S/C23H21BF3N5O11P2S/c24-44(36)38-5-12-18(16(34)23(41-12)32-4-9(26)14-20(32)29-7-30-21(14)35)43-45(37,46)39-6-11-17(42-44)15(27)22(40-11)31-3-8(25)13-10(33)1-2-28-19(13)31/h2-4,7,11-12,15-18,22-23,34H,1,5-6H2,(H,37,46)(H,29,30,35)/t11-,12-,15+,16?,17?,18+,22-,23-,44?,45?/m1/s1. The molecule has 3 saturated heterocycles. The molecule has 0 saturated carbocycles. The van der Waals surface area contributed by atoms with Crippen LogP contribution in [0.25, 0.3) is 11.0 Å². The number of hydrogen-bond donors (Lipinski definition) is 3. The van der Waals surface area contributed by atoms with Crippen LogP contribution in [0.1, 0.15) is 29.2 Å². The number of ether oxygens (including phenoxy) is 2. The van der Waals surface area contributed by atoms with Crippen LogP contribution in [0.15, 0.2) is 28.5 Å². The first-order chi connectivity index (χ1) is 21.7. The first-order valence-electron chi connectivity index (χ1n) is 13.4. The van der Waals surface area contributed by atoms with Crippen molar-refractivity contribution >= 4 is 62.4 Å². The summed E-state index contributed by atoms with van der Waals surface area (Å²) in [6, 6.07) is 0. The molecule has 2 radical (unpaired) electrons. The van der Waals surface area contributed by atoms with E-state index in [2.05, 4.69) is 15.0 Å². The van der Waals surface area contributed by atoms with E-state index in [0.29, 0.717) is 0 Å². The summed E-state index contributed by atoms with van der Waals surface area (Å²) in [5.41, 5.74) is -1.37. The average Bonchev–Trinajstić information content (AvgIpc) is 3.69. The second-order valence-electron chi connectivity index (χ2n) is 10.6. The van der Waals surface area contributed by atoms with Gasteiger partial charge < -0.3 is 42.6 Å². The molecule has 0 spiro atoms. The van der Waals surface area contributed by atoms with Crippen molar-refractivity contribution in [2.75, 3.05) is 13.2 Å². The zero-order valence-corrected chi connectivity index (χ0v) is 25.5. The number of alkyl halides is 1. The molecule has 3 N–H and O–H groups in total. The highest BCUT2D eigenvalue weighted by Gasteiger charge is 2.53. The van der Waals surface area contributed by atoms with Gasteiger partial charge in [-0.25, -0.2) is 23.1 Å². The predicted octanol–water partition coefficient (Wildman–Crippen LogP) is 1.60. The lowest BCUT2D eigenvalue weighted by atomic mass is 10.1. The number of carbonyl (C=O) groups is 1. The number of carbonyl (C=O) groups excluding carboxylic acids is 1. The Morgan fingerprint density at radius 3 is 2.52 bits per heavy atom. The summed E-state index contributed by atoms with van der Waals surface area (Å²) in [7, 11) is 1.10. The van der Waals surface area contributed by atoms with E-state index in [1.807, 2.05) is 0 Å². The minimum Gasteiger partial charge on any atom is -0.386 e. The average molecular weight is 705 g/mol. The summed E-state index contributed by atoms with van der Waals surface area (Å²) in [6.45, 7) is -5.85. The number of nitrogens with zero attached hydrogens (tertiary/aromatic N) is 4. The molecule has 7 heterocycles. The molecule has 10 atom stereocenters. The fourth-order valence-electron chi connectivity index (χ4n) is 5.75. The number of hydrogen-bond acceptors (Lipinski definition) is 13. The number of halogens is 3. The van der Waals surface area contributed by atoms with Crippen LogP contribution in [0, 0.1) is 11.6 Å². The number of rotatable bonds is 2. The first kappa shape index (κ1) is 32.0. The summed E-state index contributed by atoms with van der Waals surface area (Å²) in [6.07, 6.45) is -9.74. The van der Waals surface area contributed by atoms with Gasteiger partial charge in [0.1, 0.15) is 41.7 Å². The van der Waals surface area contributed by atoms with E-state index in [0.717, 1.165) is 27.9 Å². The third-order valence-corrected chi connectivity index (χ3v) is 10.4. The lowest BCUT2D eigenvalue weighted by Gasteiger charge is -2.30. The maximum absolute atomic E-state index is 16.0. The molecule has 4 unspecified atom stereocenters. The Hall–Kier alpha value is -2.55. The molecule has 16 nitrogen and oxygen atoms in total. The minimum atomic E-state index is -4.69. The zero-order valence-electron chi connectivity index (χ0n) is 22.9. The van der Waals surface area contributed by atoms with Gasteiger partial charge in [-0.2, -0.15) is 0 Å². The molecule has 46 heavy (non-hydrogen) atoms. The topological polar surface area (TPSA) is 198 Å². The Bertz CT molecular complexity index is 1930. The molecule has 23 heteroatoms. The molecule has 0 bridgehead atoms. The van der Waals surface area contributed by atoms with E-state index >= 15 is 4.39 Å². The highest BCUT2D eigenvalue weighted by Crippen LogP contribution is 2.54. The number of nitrogens with one attached hydrogen (secondary N) is 1. The third-order valence-electron chi connectivity index (χ3n) is 7.77. The molecule has 0 amide bonds. The van der Waals surface area contributed by atoms with E-state index in [1.165, 1.54) is 6.21 Å². The summed E-state index contributed by atoms with van der Waals surface area (Å²) >= 11 is 5.12. The predicted molar refractivity (Wildman–Crippen MR) is 152 cm³/mol. The summed E-state index contributed by atoms with van der Waals surface area (Å²) in [5, 5.41) is 10.7. The lowest BCUT2D eigenvalue weighted by Crippen LogP contribution is -2.38. The van der Waals surface area contributed by atoms with Crippen molar-refractivity contribution in [1.29, 1.82) is 0 Å². The molecule has 3 aromatic rings. The van der Waals surface area contributed by atoms with Crippen LogP contribution in [0.2, 0.25) is 0 Å². The number of aromatic amines is 1. The van der Waals surface area contributed by atoms with Crippen LogP contribution >= 0.6 is 14.2 Å². The Morgan fingerprint density at radius 1 is 1.04 bits per heavy atom. The Kier molecular flexibility index (Phi) is 8.05. The van der Waals surface area contributed by atoms with Crippen molar-refractivity contribution < 1.29 is 60.1 Å². The fraction of sp³-hybridized carbons (Fsp3) is 0.478. The normalized spacial score (nSPS) is 38.2. The Morgan fingerprint density at radius 2 is 1.74 bits per heavy atom. The van der Waals surface area contributed by atoms with E-state index < -0.39 is 105 Å². The maximum Gasteiger partial charge on any atom is 0.325 e. The monoisotopic (exact) mass is 705 g/mol. The number of aliphatic hydroxyl groups is 1. The Labute approximate surface area is 261 Å². The molecule has 0 aromatic carbocycles. The summed E-state index contributed by atoms with van der Waals surface area (Å²) in [5.74, 6) is -2.75. The number of ketones is 1. The second-order valence-corrected chi connectivity index (χ2v) is 15.0. The first-order valence-corrected chi connectivity index (χ1v) is 17.6. The van der Waals surface area contributed by atoms with Crippen LogP contribution in [-0.4, -0.2) is 98.6 Å². The lowest BCUT2D eigenvalue weighted by molar-refractivity contribution is -0.0574. The Balaban J connectivity index is 1.17. The van der Waals surface area contributed by atoms with Crippen molar-refractivity contribution in [3.05, 3.63) is 46.3 Å². The summed E-state index contributed by atoms with van der Waals surface area (Å²) in [4.78, 5) is 45.5. The number of aliphatic hydroxyl groups excluding tert-OH is 1. The van der Waals surface area contributed by atoms with Crippen LogP contribution in [0.4, 0.5) is 19.0 Å². The molecule has 3 fully saturated rings. The van der Waals surface area contributed by atoms with Crippen molar-refractivity contribution in [3.63, 3.8) is 0 Å². The van der Waals surface area contributed by atoms with E-state index in [9.17, 15) is 32.9 Å². The molecule has 0 aliphatic carbocycles. The van der Waals surface area contributed by atoms with Gasteiger partial charge in [-0.15, -0.1) is 0 Å². The van der Waals surface area contributed by atoms with Crippen LogP contribution in [0.5, 0.6) is 0 Å². The van der Waals surface area contributed by atoms with Gasteiger partial charge in [0.25, 0.3) is 13.0 Å². The number of Topliss-reactive ketones (excluding diaryl/α,β-unsaturated/α-hetero) is 1. The fourth-order valence-corrected chi connectivity index (χ4v) is 8.20. The van der Waals surface area contributed by atoms with Gasteiger partial charge in [-0.3, -0.25) is 23.2 Å².